The van der Waals surface area contributed by atoms with Gasteiger partial charge in [0.2, 0.25) is 0 Å². The van der Waals surface area contributed by atoms with Gasteiger partial charge in [-0.1, -0.05) is 13.8 Å². The third kappa shape index (κ3) is 2.18. The molecule has 3 atom stereocenters. The maximum atomic E-state index is 11.2. The number of aliphatic hydroxyl groups is 1. The van der Waals surface area contributed by atoms with Crippen LogP contribution >= 0.6 is 27.3 Å². The van der Waals surface area contributed by atoms with Gasteiger partial charge in [-0.25, -0.2) is 0 Å². The van der Waals surface area contributed by atoms with Crippen molar-refractivity contribution in [3.63, 3.8) is 0 Å². The second-order valence-corrected chi connectivity index (χ2v) is 11.4. The minimum atomic E-state index is -0.269. The first-order valence-corrected chi connectivity index (χ1v) is 9.78. The number of rotatable bonds is 2. The number of aryl methyl sites for hydroxylation is 1. The fourth-order valence-electron chi connectivity index (χ4n) is 6.76. The molecule has 1 aromatic rings. The van der Waals surface area contributed by atoms with Gasteiger partial charge in [0.25, 0.3) is 0 Å². The monoisotopic (exact) mass is 368 g/mol. The Morgan fingerprint density at radius 1 is 1.19 bits per heavy atom. The summed E-state index contributed by atoms with van der Waals surface area (Å²) in [4.78, 5) is 1.17. The van der Waals surface area contributed by atoms with E-state index in [0.717, 1.165) is 5.92 Å². The molecule has 4 saturated carbocycles. The summed E-state index contributed by atoms with van der Waals surface area (Å²) in [5, 5.41) is 11.2. The van der Waals surface area contributed by atoms with Crippen molar-refractivity contribution >= 4 is 27.3 Å². The minimum absolute atomic E-state index is 0.139. The molecule has 0 saturated heterocycles. The second-order valence-electron chi connectivity index (χ2n) is 9.00. The topological polar surface area (TPSA) is 20.2 Å². The molecule has 0 amide bonds. The first-order valence-electron chi connectivity index (χ1n) is 8.17. The number of aliphatic hydroxyl groups excluding tert-OH is 1. The van der Waals surface area contributed by atoms with Crippen LogP contribution in [0.5, 0.6) is 0 Å². The van der Waals surface area contributed by atoms with Crippen LogP contribution in [0.3, 0.4) is 0 Å². The normalized spacial score (nSPS) is 46.0. The van der Waals surface area contributed by atoms with Crippen molar-refractivity contribution < 1.29 is 5.11 Å². The van der Waals surface area contributed by atoms with Gasteiger partial charge in [0.1, 0.15) is 0 Å². The summed E-state index contributed by atoms with van der Waals surface area (Å²) < 4.78 is 1.18. The molecular weight excluding hydrogens is 344 g/mol. The van der Waals surface area contributed by atoms with Crippen LogP contribution in [0.4, 0.5) is 0 Å². The highest BCUT2D eigenvalue weighted by atomic mass is 79.9. The first kappa shape index (κ1) is 14.7. The fraction of sp³-hybridized carbons (Fsp3) is 0.778. The van der Waals surface area contributed by atoms with Crippen LogP contribution in [0.25, 0.3) is 0 Å². The first-order chi connectivity index (χ1) is 9.73. The van der Waals surface area contributed by atoms with Crippen molar-refractivity contribution in [1.82, 2.24) is 0 Å². The summed E-state index contributed by atoms with van der Waals surface area (Å²) in [5.41, 5.74) is 2.34. The summed E-state index contributed by atoms with van der Waals surface area (Å²) in [6.45, 7) is 7.08. The van der Waals surface area contributed by atoms with Gasteiger partial charge in [-0.3, -0.25) is 0 Å². The Kier molecular flexibility index (Phi) is 3.05. The van der Waals surface area contributed by atoms with Gasteiger partial charge in [0.15, 0.2) is 0 Å². The van der Waals surface area contributed by atoms with Gasteiger partial charge < -0.3 is 5.11 Å². The van der Waals surface area contributed by atoms with E-state index >= 15 is 0 Å². The average molecular weight is 369 g/mol. The quantitative estimate of drug-likeness (QED) is 0.693. The molecule has 0 aromatic carbocycles. The average Bonchev–Trinajstić information content (AvgIpc) is 2.64. The van der Waals surface area contributed by atoms with Crippen LogP contribution < -0.4 is 0 Å². The van der Waals surface area contributed by atoms with Gasteiger partial charge >= 0.3 is 0 Å². The summed E-state index contributed by atoms with van der Waals surface area (Å²) in [5.74, 6) is 0.843. The van der Waals surface area contributed by atoms with E-state index in [4.69, 9.17) is 0 Å². The molecule has 4 fully saturated rings. The Hall–Kier alpha value is 0.140. The summed E-state index contributed by atoms with van der Waals surface area (Å²) >= 11 is 5.36. The Balaban J connectivity index is 1.73. The third-order valence-electron chi connectivity index (χ3n) is 6.40. The molecule has 5 rings (SSSR count). The van der Waals surface area contributed by atoms with E-state index in [0.29, 0.717) is 10.8 Å². The molecule has 0 aliphatic heterocycles. The van der Waals surface area contributed by atoms with Gasteiger partial charge in [0, 0.05) is 10.3 Å². The van der Waals surface area contributed by atoms with E-state index in [1.165, 1.54) is 52.8 Å². The molecule has 3 unspecified atom stereocenters. The second kappa shape index (κ2) is 4.36. The lowest BCUT2D eigenvalue weighted by Crippen LogP contribution is -2.56. The van der Waals surface area contributed by atoms with E-state index in [2.05, 4.69) is 42.8 Å². The van der Waals surface area contributed by atoms with Gasteiger partial charge in [-0.05, 0) is 89.8 Å². The zero-order valence-corrected chi connectivity index (χ0v) is 15.6. The van der Waals surface area contributed by atoms with Crippen molar-refractivity contribution in [3.05, 3.63) is 20.3 Å². The smallest absolute Gasteiger partial charge is 0.0938 e. The van der Waals surface area contributed by atoms with Crippen molar-refractivity contribution in [2.24, 2.45) is 22.2 Å². The molecule has 1 N–H and O–H groups in total. The van der Waals surface area contributed by atoms with Crippen LogP contribution in [0.2, 0.25) is 0 Å². The van der Waals surface area contributed by atoms with Crippen LogP contribution in [0, 0.1) is 29.1 Å². The SMILES string of the molecule is Cc1cc(C(O)C23CC4CC(C)(CC(C)(C4)C2)C3)sc1Br. The maximum Gasteiger partial charge on any atom is 0.0938 e. The molecular formula is C18H25BrOS. The Bertz CT molecular complexity index is 555. The Labute approximate surface area is 140 Å². The maximum absolute atomic E-state index is 11.2. The molecule has 1 heterocycles. The highest BCUT2D eigenvalue weighted by Crippen LogP contribution is 2.72. The molecule has 4 aliphatic carbocycles. The molecule has 1 nitrogen and oxygen atoms in total. The zero-order chi connectivity index (χ0) is 15.0. The van der Waals surface area contributed by atoms with Crippen molar-refractivity contribution in [3.8, 4) is 0 Å². The van der Waals surface area contributed by atoms with Crippen LogP contribution in [-0.4, -0.2) is 5.11 Å². The van der Waals surface area contributed by atoms with Gasteiger partial charge in [-0.2, -0.15) is 0 Å². The molecule has 116 valence electrons. The lowest BCUT2D eigenvalue weighted by molar-refractivity contribution is -0.186. The summed E-state index contributed by atoms with van der Waals surface area (Å²) in [7, 11) is 0. The molecule has 0 radical (unpaired) electrons. The summed E-state index contributed by atoms with van der Waals surface area (Å²) in [6.07, 6.45) is 7.58. The lowest BCUT2D eigenvalue weighted by Gasteiger charge is -2.66. The Morgan fingerprint density at radius 2 is 1.81 bits per heavy atom. The van der Waals surface area contributed by atoms with Gasteiger partial charge in [0.05, 0.1) is 9.89 Å². The predicted molar refractivity (Wildman–Crippen MR) is 91.6 cm³/mol. The minimum Gasteiger partial charge on any atom is -0.387 e. The van der Waals surface area contributed by atoms with Crippen molar-refractivity contribution in [2.75, 3.05) is 0 Å². The van der Waals surface area contributed by atoms with Crippen LogP contribution in [0.15, 0.2) is 9.85 Å². The van der Waals surface area contributed by atoms with E-state index in [1.54, 1.807) is 11.3 Å². The number of thiophene rings is 1. The molecule has 4 bridgehead atoms. The van der Waals surface area contributed by atoms with Crippen LogP contribution in [-0.2, 0) is 0 Å². The molecule has 4 aliphatic rings. The fourth-order valence-corrected chi connectivity index (χ4v) is 8.46. The van der Waals surface area contributed by atoms with E-state index in [-0.39, 0.29) is 11.5 Å². The predicted octanol–water partition coefficient (Wildman–Crippen LogP) is 5.85. The molecule has 3 heteroatoms. The molecule has 0 spiro atoms. The van der Waals surface area contributed by atoms with E-state index in [9.17, 15) is 5.11 Å². The molecule has 1 aromatic heterocycles. The Morgan fingerprint density at radius 3 is 2.29 bits per heavy atom. The standard InChI is InChI=1S/C18H25BrOS/c1-11-4-13(21-15(11)19)14(20)18-7-12-5-16(2,9-18)8-17(3,6-12)10-18/h4,12,14,20H,5-10H2,1-3H3. The lowest BCUT2D eigenvalue weighted by atomic mass is 9.39. The zero-order valence-electron chi connectivity index (χ0n) is 13.2. The van der Waals surface area contributed by atoms with E-state index < -0.39 is 0 Å². The highest BCUT2D eigenvalue weighted by molar-refractivity contribution is 9.11. The number of hydrogen-bond acceptors (Lipinski definition) is 2. The number of hydrogen-bond donors (Lipinski definition) is 1. The molecule has 21 heavy (non-hydrogen) atoms. The third-order valence-corrected chi connectivity index (χ3v) is 8.58. The summed E-state index contributed by atoms with van der Waals surface area (Å²) in [6, 6.07) is 2.20. The largest absolute Gasteiger partial charge is 0.387 e. The van der Waals surface area contributed by atoms with Gasteiger partial charge in [-0.15, -0.1) is 11.3 Å². The van der Waals surface area contributed by atoms with Crippen molar-refractivity contribution in [1.29, 1.82) is 0 Å². The van der Waals surface area contributed by atoms with Crippen LogP contribution in [0.1, 0.15) is 68.9 Å². The highest BCUT2D eigenvalue weighted by Gasteiger charge is 2.62. The van der Waals surface area contributed by atoms with E-state index in [1.807, 2.05) is 0 Å². The van der Waals surface area contributed by atoms with Crippen molar-refractivity contribution in [2.45, 2.75) is 65.4 Å². The number of halogens is 1.